The van der Waals surface area contributed by atoms with Crippen LogP contribution in [-0.2, 0) is 13.0 Å². The van der Waals surface area contributed by atoms with Crippen LogP contribution < -0.4 is 5.73 Å². The summed E-state index contributed by atoms with van der Waals surface area (Å²) in [7, 11) is 0. The van der Waals surface area contributed by atoms with E-state index in [1.165, 1.54) is 5.52 Å². The van der Waals surface area contributed by atoms with E-state index in [1.807, 2.05) is 30.3 Å². The van der Waals surface area contributed by atoms with Crippen molar-refractivity contribution in [3.05, 3.63) is 54.0 Å². The van der Waals surface area contributed by atoms with Gasteiger partial charge in [0.25, 0.3) is 0 Å². The van der Waals surface area contributed by atoms with Crippen molar-refractivity contribution in [2.24, 2.45) is 0 Å². The number of anilines is 1. The number of aromatic nitrogens is 3. The number of rotatable bonds is 3. The molecule has 4 heteroatoms. The molecule has 3 rings (SSSR count). The van der Waals surface area contributed by atoms with Crippen LogP contribution in [0.4, 0.5) is 5.82 Å². The number of nitrogen functional groups attached to an aromatic ring is 1. The molecular formula is C15H16N4. The number of pyridine rings is 1. The molecule has 0 aliphatic carbocycles. The third-order valence-corrected chi connectivity index (χ3v) is 3.26. The van der Waals surface area contributed by atoms with Crippen LogP contribution in [0.1, 0.15) is 18.3 Å². The molecule has 0 fully saturated rings. The van der Waals surface area contributed by atoms with E-state index in [4.69, 9.17) is 10.7 Å². The summed E-state index contributed by atoms with van der Waals surface area (Å²) in [6.07, 6.45) is 2.51. The molecule has 2 heterocycles. The Hall–Kier alpha value is -2.36. The summed E-state index contributed by atoms with van der Waals surface area (Å²) in [6.45, 7) is 3.05. The second-order valence-electron chi connectivity index (χ2n) is 4.53. The number of imidazole rings is 1. The highest BCUT2D eigenvalue weighted by atomic mass is 15.1. The molecule has 0 atom stereocenters. The average Bonchev–Trinajstić information content (AvgIpc) is 2.75. The number of nitrogens with zero attached hydrogens (tertiary/aromatic N) is 3. The molecule has 2 aromatic heterocycles. The molecule has 0 saturated heterocycles. The van der Waals surface area contributed by atoms with Crippen molar-refractivity contribution >= 4 is 16.9 Å². The quantitative estimate of drug-likeness (QED) is 0.779. The maximum absolute atomic E-state index is 5.72. The first kappa shape index (κ1) is 11.7. The van der Waals surface area contributed by atoms with Crippen molar-refractivity contribution in [3.8, 4) is 0 Å². The molecule has 3 aromatic rings. The zero-order chi connectivity index (χ0) is 13.2. The molecule has 2 N–H and O–H groups in total. The van der Waals surface area contributed by atoms with Gasteiger partial charge in [-0.05, 0) is 36.8 Å². The third kappa shape index (κ3) is 2.17. The molecule has 0 amide bonds. The second kappa shape index (κ2) is 4.72. The maximum Gasteiger partial charge on any atom is 0.123 e. The Bertz CT molecular complexity index is 715. The van der Waals surface area contributed by atoms with Crippen LogP contribution in [0.2, 0.25) is 0 Å². The highest BCUT2D eigenvalue weighted by molar-refractivity contribution is 5.76. The average molecular weight is 252 g/mol. The molecule has 0 radical (unpaired) electrons. The zero-order valence-electron chi connectivity index (χ0n) is 10.9. The van der Waals surface area contributed by atoms with E-state index in [0.29, 0.717) is 5.82 Å². The largest absolute Gasteiger partial charge is 0.384 e. The lowest BCUT2D eigenvalue weighted by molar-refractivity contribution is 0.733. The number of nitrogens with two attached hydrogens (primary N) is 1. The molecule has 0 saturated carbocycles. The van der Waals surface area contributed by atoms with Gasteiger partial charge in [0, 0.05) is 19.2 Å². The maximum atomic E-state index is 5.72. The second-order valence-corrected chi connectivity index (χ2v) is 4.53. The van der Waals surface area contributed by atoms with Crippen molar-refractivity contribution in [1.29, 1.82) is 0 Å². The molecule has 19 heavy (non-hydrogen) atoms. The van der Waals surface area contributed by atoms with Crippen molar-refractivity contribution in [2.75, 3.05) is 5.73 Å². The van der Waals surface area contributed by atoms with Gasteiger partial charge in [-0.1, -0.05) is 12.1 Å². The molecule has 0 unspecified atom stereocenters. The zero-order valence-corrected chi connectivity index (χ0v) is 10.9. The van der Waals surface area contributed by atoms with E-state index in [2.05, 4.69) is 22.5 Å². The summed E-state index contributed by atoms with van der Waals surface area (Å²) < 4.78 is 2.24. The number of hydrogen-bond acceptors (Lipinski definition) is 3. The number of fused-ring (bicyclic) bond motifs is 1. The van der Waals surface area contributed by atoms with Gasteiger partial charge in [0.05, 0.1) is 11.0 Å². The minimum absolute atomic E-state index is 0.552. The monoisotopic (exact) mass is 252 g/mol. The summed E-state index contributed by atoms with van der Waals surface area (Å²) in [5, 5.41) is 0. The van der Waals surface area contributed by atoms with Crippen LogP contribution in [0.25, 0.3) is 11.0 Å². The van der Waals surface area contributed by atoms with Crippen LogP contribution in [0, 0.1) is 0 Å². The van der Waals surface area contributed by atoms with Crippen molar-refractivity contribution < 1.29 is 0 Å². The molecular weight excluding hydrogens is 236 g/mol. The van der Waals surface area contributed by atoms with Crippen molar-refractivity contribution in [2.45, 2.75) is 19.9 Å². The lowest BCUT2D eigenvalue weighted by atomic mass is 10.2. The van der Waals surface area contributed by atoms with Crippen molar-refractivity contribution in [1.82, 2.24) is 14.5 Å². The fourth-order valence-electron chi connectivity index (χ4n) is 2.40. The van der Waals surface area contributed by atoms with Gasteiger partial charge in [-0.2, -0.15) is 0 Å². The van der Waals surface area contributed by atoms with E-state index in [-0.39, 0.29) is 0 Å². The lowest BCUT2D eigenvalue weighted by Gasteiger charge is -2.06. The standard InChI is InChI=1S/C15H16N4/c1-2-19-13-6-4-3-5-12(13)18-15(19)10-11-7-8-17-14(16)9-11/h3-9H,2,10H2,1H3,(H2,16,17). The van der Waals surface area contributed by atoms with Crippen LogP contribution >= 0.6 is 0 Å². The molecule has 1 aromatic carbocycles. The molecule has 0 spiro atoms. The number of aryl methyl sites for hydroxylation is 1. The molecule has 0 aliphatic heterocycles. The SMILES string of the molecule is CCn1c(Cc2ccnc(N)c2)nc2ccccc21. The van der Waals surface area contributed by atoms with Crippen LogP contribution in [-0.4, -0.2) is 14.5 Å². The summed E-state index contributed by atoms with van der Waals surface area (Å²) in [5.41, 5.74) is 9.08. The first-order valence-corrected chi connectivity index (χ1v) is 6.42. The first-order chi connectivity index (χ1) is 9.28. The molecule has 4 nitrogen and oxygen atoms in total. The highest BCUT2D eigenvalue weighted by Gasteiger charge is 2.09. The predicted molar refractivity (Wildman–Crippen MR) is 76.9 cm³/mol. The fraction of sp³-hybridized carbons (Fsp3) is 0.200. The Kier molecular flexibility index (Phi) is 2.91. The highest BCUT2D eigenvalue weighted by Crippen LogP contribution is 2.18. The summed E-state index contributed by atoms with van der Waals surface area (Å²) in [4.78, 5) is 8.73. The Morgan fingerprint density at radius 3 is 2.84 bits per heavy atom. The molecule has 96 valence electrons. The third-order valence-electron chi connectivity index (χ3n) is 3.26. The summed E-state index contributed by atoms with van der Waals surface area (Å²) in [6, 6.07) is 12.1. The van der Waals surface area contributed by atoms with Crippen LogP contribution in [0.15, 0.2) is 42.6 Å². The van der Waals surface area contributed by atoms with Gasteiger partial charge in [-0.25, -0.2) is 9.97 Å². The molecule has 0 aliphatic rings. The Morgan fingerprint density at radius 1 is 1.21 bits per heavy atom. The van der Waals surface area contributed by atoms with Crippen molar-refractivity contribution in [3.63, 3.8) is 0 Å². The summed E-state index contributed by atoms with van der Waals surface area (Å²) in [5.74, 6) is 1.62. The van der Waals surface area contributed by atoms with Gasteiger partial charge in [0.1, 0.15) is 11.6 Å². The minimum atomic E-state index is 0.552. The number of para-hydroxylation sites is 2. The fourth-order valence-corrected chi connectivity index (χ4v) is 2.40. The number of hydrogen-bond donors (Lipinski definition) is 1. The van der Waals surface area contributed by atoms with E-state index < -0.39 is 0 Å². The van der Waals surface area contributed by atoms with E-state index in [9.17, 15) is 0 Å². The topological polar surface area (TPSA) is 56.7 Å². The van der Waals surface area contributed by atoms with Gasteiger partial charge in [0.2, 0.25) is 0 Å². The molecule has 0 bridgehead atoms. The smallest absolute Gasteiger partial charge is 0.123 e. The van der Waals surface area contributed by atoms with Crippen LogP contribution in [0.3, 0.4) is 0 Å². The lowest BCUT2D eigenvalue weighted by Crippen LogP contribution is -2.03. The van der Waals surface area contributed by atoms with E-state index >= 15 is 0 Å². The van der Waals surface area contributed by atoms with E-state index in [0.717, 1.165) is 29.9 Å². The predicted octanol–water partition coefficient (Wildman–Crippen LogP) is 2.62. The van der Waals surface area contributed by atoms with Gasteiger partial charge >= 0.3 is 0 Å². The first-order valence-electron chi connectivity index (χ1n) is 6.42. The Labute approximate surface area is 111 Å². The number of benzene rings is 1. The van der Waals surface area contributed by atoms with Gasteiger partial charge in [-0.15, -0.1) is 0 Å². The van der Waals surface area contributed by atoms with Gasteiger partial charge < -0.3 is 10.3 Å². The van der Waals surface area contributed by atoms with Crippen LogP contribution in [0.5, 0.6) is 0 Å². The Morgan fingerprint density at radius 2 is 2.05 bits per heavy atom. The van der Waals surface area contributed by atoms with E-state index in [1.54, 1.807) is 6.20 Å². The minimum Gasteiger partial charge on any atom is -0.384 e. The van der Waals surface area contributed by atoms with Gasteiger partial charge in [-0.3, -0.25) is 0 Å². The van der Waals surface area contributed by atoms with Gasteiger partial charge in [0.15, 0.2) is 0 Å². The normalized spacial score (nSPS) is 11.0. The summed E-state index contributed by atoms with van der Waals surface area (Å²) >= 11 is 0. The Balaban J connectivity index is 2.05.